The van der Waals surface area contributed by atoms with Gasteiger partial charge in [0, 0.05) is 57.9 Å². The quantitative estimate of drug-likeness (QED) is 0.0398. The molecule has 35 heteroatoms. The Balaban J connectivity index is 0.000000219. The van der Waals surface area contributed by atoms with Crippen molar-refractivity contribution in [3.05, 3.63) is 135 Å². The van der Waals surface area contributed by atoms with E-state index in [4.69, 9.17) is 40.9 Å². The molecular weight excluding hydrogens is 1590 g/mol. The highest BCUT2D eigenvalue weighted by Gasteiger charge is 2.50. The Hall–Kier alpha value is -5.67. The number of hydrogen-bond acceptors (Lipinski definition) is 27. The lowest BCUT2D eigenvalue weighted by Gasteiger charge is -2.32. The summed E-state index contributed by atoms with van der Waals surface area (Å²) in [5.41, 5.74) is 17.8. The number of nitrogens with two attached hydrogens (primary N) is 3. The summed E-state index contributed by atoms with van der Waals surface area (Å²) in [6.07, 6.45) is 39.3. The van der Waals surface area contributed by atoms with E-state index in [1.165, 1.54) is 13.8 Å². The van der Waals surface area contributed by atoms with Gasteiger partial charge < -0.3 is 112 Å². The molecule has 19 atom stereocenters. The van der Waals surface area contributed by atoms with Gasteiger partial charge in [0.25, 0.3) is 0 Å². The van der Waals surface area contributed by atoms with E-state index in [0.717, 1.165) is 62.1 Å². The van der Waals surface area contributed by atoms with Gasteiger partial charge in [-0.3, -0.25) is 9.59 Å². The number of carbonyl (C=O) groups excluding carboxylic acids is 2. The summed E-state index contributed by atoms with van der Waals surface area (Å²) in [6.45, 7) is 40.0. The molecule has 1 aliphatic carbocycles. The first-order valence-corrected chi connectivity index (χ1v) is 53.1. The lowest BCUT2D eigenvalue weighted by molar-refractivity contribution is -0.118. The molecule has 0 bridgehead atoms. The number of methoxy groups -OCH3 is 1. The minimum absolute atomic E-state index is 0.0165. The summed E-state index contributed by atoms with van der Waals surface area (Å²) in [6, 6.07) is -0.359. The molecule has 112 heavy (non-hydrogen) atoms. The summed E-state index contributed by atoms with van der Waals surface area (Å²) >= 11 is 3.53. The highest BCUT2D eigenvalue weighted by atomic mass is 79.9. The van der Waals surface area contributed by atoms with Crippen LogP contribution in [-0.2, 0) is 33.3 Å². The largest absolute Gasteiger partial charge is 0.390 e. The Kier molecular flexibility index (Phi) is 34.4. The number of nitrogens with zero attached hydrogens (tertiary/aromatic N) is 10. The van der Waals surface area contributed by atoms with Crippen LogP contribution in [0.15, 0.2) is 160 Å². The second kappa shape index (κ2) is 40.5. The van der Waals surface area contributed by atoms with E-state index >= 15 is 0 Å². The standard InChI is InChI=1S/C17H28N3O4P.C16H26N3O4P.C15H26N3O2P.C15H24N3O2P.C14H23BrN3O2P/c1-11-18-14(19-12(2)21)7-9-20(11)17-16(23-3)15(22)13(24-17)8-10-25(4,5)6;1-10-17-13(18-11(2)20)6-8-19(10)16-15(22)14(21)12(23-16)7-9-24(3,4)5;1-10-14(19)12(7-9-21(3,4)5)20-15(10)18-8-6-13(16)17-11(18)2;1-10-17-13(16)5-7-18(10)12-9-11(14(19)15(12)20)6-8-21(2,3)4;1-9-17-11(16)5-7-18(9)14-12(15)13(19)10(20-14)6-8-21(2,3)4/h7,9,13,15-17,22H,1,4,8,10H2,2-3,5-6H3,(H,18,19,21);6,8,12,14-16,21-22H,1,3,7,9H2,2,4-5H3,(H,17,18,20);6,8,10,12,14-15,19H,2-3,7,9H2,1,4-5H3,(H2,16,17);5,7,9,12,14-15,19-20H,1-2,6,8H2,3-4H3,(H2,16,17);5,7,10,12-14,19H,1-2,6,8H2,3-4H3,(H2,16,17)/t13-,15-,16-,17-;12-,14-,15?,16-;10?,12-,14+,15-;12-,14-,15?;10-,12?,13-,14-/m11111/s1. The summed E-state index contributed by atoms with van der Waals surface area (Å²) in [7, 11) is 1.55. The monoisotopic (exact) mass is 1720 g/mol. The van der Waals surface area contributed by atoms with Crippen LogP contribution in [0.4, 0.5) is 0 Å². The van der Waals surface area contributed by atoms with E-state index in [0.29, 0.717) is 64.7 Å². The number of carbonyl (C=O) groups is 2. The van der Waals surface area contributed by atoms with Crippen molar-refractivity contribution in [3.8, 4) is 0 Å². The Morgan fingerprint density at radius 2 is 0.795 bits per heavy atom. The maximum Gasteiger partial charge on any atom is 0.222 e. The summed E-state index contributed by atoms with van der Waals surface area (Å²) in [5, 5.41) is 77.6. The number of nitrogens with one attached hydrogen (secondary N) is 2. The zero-order chi connectivity index (χ0) is 84.2. The number of amides is 2. The number of aliphatic hydroxyl groups excluding tert-OH is 7. The minimum Gasteiger partial charge on any atom is -0.390 e. The molecule has 4 fully saturated rings. The SMILES string of the molecule is C=C1N=C(N)C=CN1[C@@H]1C=C(CCP(=C)(C)C)[C@@H](O)C1O.C=C1N=C(N)C=CN1[C@@H]1O[C@H](CCP(=C)(C)C)[C@@H](O)C1Br.C=C1N=C(N)C=CN1[C@@H]1O[C@H](CCP(=C)(C)C)[C@@H](O)C1C.C=C1N=C(NC(C)=O)C=CN1[C@@H]1O[C@H](CCP(=C)(C)C)[C@@H](O)C1O.C=C1N=C(NC(C)=O)C=CN1[C@@H]1O[C@H](CCP(=C)(C)C)[C@@H](O)[C@H]1OC. The molecule has 0 spiro atoms. The predicted octanol–water partition coefficient (Wildman–Crippen LogP) is 5.22. The van der Waals surface area contributed by atoms with Gasteiger partial charge in [-0.05, 0) is 166 Å². The van der Waals surface area contributed by atoms with Crippen molar-refractivity contribution in [1.29, 1.82) is 0 Å². The molecule has 9 heterocycles. The van der Waals surface area contributed by atoms with E-state index in [1.807, 2.05) is 24.1 Å². The molecule has 10 rings (SSSR count). The van der Waals surface area contributed by atoms with E-state index in [2.05, 4.69) is 183 Å². The van der Waals surface area contributed by atoms with Crippen molar-refractivity contribution in [1.82, 2.24) is 35.1 Å². The third kappa shape index (κ3) is 28.0. The van der Waals surface area contributed by atoms with Crippen molar-refractivity contribution in [2.75, 3.05) is 105 Å². The number of aliphatic imine (C=N–C) groups is 5. The van der Waals surface area contributed by atoms with Gasteiger partial charge >= 0.3 is 0 Å². The number of alkyl halides is 1. The predicted molar refractivity (Wildman–Crippen MR) is 476 cm³/mol. The fourth-order valence-corrected chi connectivity index (χ4v) is 18.4. The molecule has 0 aromatic rings. The number of halogens is 1. The smallest absolute Gasteiger partial charge is 0.222 e. The first-order chi connectivity index (χ1) is 51.8. The molecule has 15 N–H and O–H groups in total. The fourth-order valence-electron chi connectivity index (χ4n) is 13.0. The van der Waals surface area contributed by atoms with Gasteiger partial charge in [-0.25, -0.2) is 25.0 Å². The average Bonchev–Trinajstić information content (AvgIpc) is 1.67. The minimum atomic E-state index is -1.23. The molecule has 2 amide bonds. The van der Waals surface area contributed by atoms with Crippen molar-refractivity contribution in [3.63, 3.8) is 0 Å². The summed E-state index contributed by atoms with van der Waals surface area (Å²) in [4.78, 5) is 51.5. The van der Waals surface area contributed by atoms with Crippen LogP contribution in [0.5, 0.6) is 0 Å². The van der Waals surface area contributed by atoms with Crippen LogP contribution in [0.2, 0.25) is 0 Å². The van der Waals surface area contributed by atoms with Crippen molar-refractivity contribution >= 4 is 123 Å². The lowest BCUT2D eigenvalue weighted by atomic mass is 10.00. The molecule has 29 nitrogen and oxygen atoms in total. The first kappa shape index (κ1) is 95.2. The number of amidine groups is 5. The third-order valence-electron chi connectivity index (χ3n) is 19.2. The Labute approximate surface area is 672 Å². The zero-order valence-electron chi connectivity index (χ0n) is 67.8. The van der Waals surface area contributed by atoms with E-state index in [1.54, 1.807) is 81.9 Å². The topological polar surface area (TPSA) is 402 Å². The van der Waals surface area contributed by atoms with Gasteiger partial charge in [0.15, 0.2) is 18.7 Å². The van der Waals surface area contributed by atoms with Crippen LogP contribution in [-0.4, -0.2) is 346 Å². The molecule has 0 saturated carbocycles. The normalized spacial score (nSPS) is 31.2. The van der Waals surface area contributed by atoms with Crippen LogP contribution in [0.3, 0.4) is 0 Å². The summed E-state index contributed by atoms with van der Waals surface area (Å²) < 4.78 is 29.5. The molecule has 0 aromatic carbocycles. The molecule has 4 saturated heterocycles. The first-order valence-electron chi connectivity index (χ1n) is 36.9. The molecule has 626 valence electrons. The Morgan fingerprint density at radius 3 is 1.19 bits per heavy atom. The summed E-state index contributed by atoms with van der Waals surface area (Å²) in [5.74, 6) is 3.84. The van der Waals surface area contributed by atoms with Crippen LogP contribution in [0.1, 0.15) is 52.9 Å². The zero-order valence-corrected chi connectivity index (χ0v) is 73.8. The van der Waals surface area contributed by atoms with Gasteiger partial charge in [-0.15, -0.1) is 65.9 Å². The highest BCUT2D eigenvalue weighted by molar-refractivity contribution is 9.09. The van der Waals surface area contributed by atoms with Gasteiger partial charge in [-0.1, -0.05) is 61.8 Å². The maximum absolute atomic E-state index is 11.1. The Bertz CT molecular complexity index is 3980. The van der Waals surface area contributed by atoms with Crippen LogP contribution in [0.25, 0.3) is 0 Å². The van der Waals surface area contributed by atoms with Crippen LogP contribution >= 0.6 is 50.4 Å². The lowest BCUT2D eigenvalue weighted by Crippen LogP contribution is -2.43. The second-order valence-electron chi connectivity index (χ2n) is 32.7. The molecular formula is C77H127BrN15O14P5. The Morgan fingerprint density at radius 1 is 0.464 bits per heavy atom. The average molecular weight is 1720 g/mol. The van der Waals surface area contributed by atoms with Crippen molar-refractivity contribution in [2.24, 2.45) is 48.1 Å². The van der Waals surface area contributed by atoms with Gasteiger partial charge in [0.2, 0.25) is 11.8 Å². The number of aliphatic hydroxyl groups is 7. The van der Waals surface area contributed by atoms with Crippen molar-refractivity contribution in [2.45, 2.75) is 162 Å². The molecule has 0 radical (unpaired) electrons. The van der Waals surface area contributed by atoms with Gasteiger partial charge in [0.05, 0.1) is 47.5 Å². The third-order valence-corrected chi connectivity index (χ3v) is 27.5. The van der Waals surface area contributed by atoms with Crippen LogP contribution < -0.4 is 27.8 Å². The maximum atomic E-state index is 11.1. The highest BCUT2D eigenvalue weighted by Crippen LogP contribution is 2.45. The number of hydrogen-bond donors (Lipinski definition) is 12. The van der Waals surface area contributed by atoms with Crippen molar-refractivity contribution < 1.29 is 69.0 Å². The molecule has 9 aliphatic heterocycles. The van der Waals surface area contributed by atoms with E-state index in [9.17, 15) is 45.3 Å². The number of rotatable bonds is 21. The van der Waals surface area contributed by atoms with Crippen LogP contribution in [0, 0.1) is 5.92 Å². The van der Waals surface area contributed by atoms with E-state index in [-0.39, 0.29) is 59.4 Å². The van der Waals surface area contributed by atoms with E-state index < -0.39 is 102 Å². The molecule has 10 aliphatic rings. The van der Waals surface area contributed by atoms with Gasteiger partial charge in [-0.2, -0.15) is 0 Å². The molecule has 0 aromatic heterocycles. The second-order valence-corrected chi connectivity index (χ2v) is 55.4. The number of ether oxygens (including phenoxy) is 5. The fraction of sp³-hybridized carbons (Fsp3) is 0.558. The molecule has 4 unspecified atom stereocenters. The van der Waals surface area contributed by atoms with Gasteiger partial charge in [0.1, 0.15) is 101 Å².